The number of benzene rings is 2. The fraction of sp³-hybridized carbons (Fsp3) is 0.458. The van der Waals surface area contributed by atoms with Crippen molar-refractivity contribution in [1.29, 1.82) is 0 Å². The van der Waals surface area contributed by atoms with Gasteiger partial charge in [0, 0.05) is 25.2 Å². The summed E-state index contributed by atoms with van der Waals surface area (Å²) in [5, 5.41) is 2.91. The fourth-order valence-corrected chi connectivity index (χ4v) is 4.54. The lowest BCUT2D eigenvalue weighted by molar-refractivity contribution is -0.0924. The normalized spacial score (nSPS) is 24.1. The highest BCUT2D eigenvalue weighted by molar-refractivity contribution is 5.67. The maximum absolute atomic E-state index is 11.9. The van der Waals surface area contributed by atoms with Crippen molar-refractivity contribution in [3.8, 4) is 0 Å². The number of carbonyl (C=O) groups is 1. The summed E-state index contributed by atoms with van der Waals surface area (Å²) in [6.45, 7) is 3.60. The van der Waals surface area contributed by atoms with Crippen molar-refractivity contribution in [2.75, 3.05) is 19.8 Å². The molecule has 1 N–H and O–H groups in total. The molecule has 5 nitrogen and oxygen atoms in total. The predicted octanol–water partition coefficient (Wildman–Crippen LogP) is 3.98. The van der Waals surface area contributed by atoms with Gasteiger partial charge in [-0.3, -0.25) is 4.90 Å². The van der Waals surface area contributed by atoms with Crippen molar-refractivity contribution in [1.82, 2.24) is 10.2 Å². The van der Waals surface area contributed by atoms with Crippen molar-refractivity contribution >= 4 is 6.09 Å². The minimum absolute atomic E-state index is 0.312. The number of fused-ring (bicyclic) bond motifs is 2. The van der Waals surface area contributed by atoms with Crippen LogP contribution in [-0.4, -0.2) is 42.8 Å². The van der Waals surface area contributed by atoms with E-state index in [1.54, 1.807) is 0 Å². The first kappa shape index (κ1) is 19.9. The van der Waals surface area contributed by atoms with Crippen LogP contribution >= 0.6 is 0 Å². The number of hydrogen-bond acceptors (Lipinski definition) is 4. The Morgan fingerprint density at radius 1 is 0.966 bits per heavy atom. The summed E-state index contributed by atoms with van der Waals surface area (Å²) >= 11 is 0. The van der Waals surface area contributed by atoms with Crippen molar-refractivity contribution in [3.63, 3.8) is 0 Å². The first-order valence-electron chi connectivity index (χ1n) is 10.6. The third-order valence-corrected chi connectivity index (χ3v) is 6.01. The van der Waals surface area contributed by atoms with E-state index in [1.807, 2.05) is 30.3 Å². The molecule has 154 valence electrons. The number of hydrogen-bond donors (Lipinski definition) is 1. The molecule has 2 aromatic rings. The molecule has 2 aromatic carbocycles. The highest BCUT2D eigenvalue weighted by Crippen LogP contribution is 2.34. The van der Waals surface area contributed by atoms with E-state index >= 15 is 0 Å². The van der Waals surface area contributed by atoms with Crippen LogP contribution in [0.5, 0.6) is 0 Å². The number of amides is 1. The van der Waals surface area contributed by atoms with Gasteiger partial charge in [-0.15, -0.1) is 0 Å². The average Bonchev–Trinajstić information content (AvgIpc) is 2.74. The van der Waals surface area contributed by atoms with Gasteiger partial charge in [0.15, 0.2) is 0 Å². The number of alkyl carbamates (subject to hydrolysis) is 1. The number of morpholine rings is 1. The van der Waals surface area contributed by atoms with E-state index in [2.05, 4.69) is 40.5 Å². The van der Waals surface area contributed by atoms with E-state index in [-0.39, 0.29) is 6.09 Å². The maximum atomic E-state index is 11.9. The molecule has 2 bridgehead atoms. The molecule has 0 aliphatic carbocycles. The minimum atomic E-state index is -0.334. The van der Waals surface area contributed by atoms with Crippen LogP contribution in [0.1, 0.15) is 30.4 Å². The molecule has 2 fully saturated rings. The quantitative estimate of drug-likeness (QED) is 0.772. The van der Waals surface area contributed by atoms with Gasteiger partial charge in [-0.2, -0.15) is 0 Å². The third kappa shape index (κ3) is 5.58. The van der Waals surface area contributed by atoms with Crippen molar-refractivity contribution in [2.24, 2.45) is 5.92 Å². The molecule has 2 unspecified atom stereocenters. The fourth-order valence-electron chi connectivity index (χ4n) is 4.54. The van der Waals surface area contributed by atoms with Gasteiger partial charge in [0.05, 0.1) is 13.2 Å². The van der Waals surface area contributed by atoms with Gasteiger partial charge >= 0.3 is 6.09 Å². The van der Waals surface area contributed by atoms with Crippen LogP contribution in [0.3, 0.4) is 0 Å². The minimum Gasteiger partial charge on any atom is -0.445 e. The molecule has 0 spiro atoms. The summed E-state index contributed by atoms with van der Waals surface area (Å²) < 4.78 is 11.1. The second-order valence-electron chi connectivity index (χ2n) is 8.12. The van der Waals surface area contributed by atoms with Crippen LogP contribution < -0.4 is 5.32 Å². The molecule has 2 aliphatic rings. The molecule has 2 atom stereocenters. The number of ether oxygens (including phenoxy) is 2. The lowest BCUT2D eigenvalue weighted by Crippen LogP contribution is -2.56. The summed E-state index contributed by atoms with van der Waals surface area (Å²) in [4.78, 5) is 14.6. The highest BCUT2D eigenvalue weighted by atomic mass is 16.5. The summed E-state index contributed by atoms with van der Waals surface area (Å²) in [5.74, 6) is 0.621. The number of nitrogens with zero attached hydrogens (tertiary/aromatic N) is 1. The topological polar surface area (TPSA) is 50.8 Å². The smallest absolute Gasteiger partial charge is 0.407 e. The number of nitrogens with one attached hydrogen (secondary N) is 1. The molecule has 0 radical (unpaired) electrons. The van der Waals surface area contributed by atoms with Crippen molar-refractivity contribution in [3.05, 3.63) is 71.8 Å². The number of carbonyl (C=O) groups excluding carboxylic acids is 1. The van der Waals surface area contributed by atoms with Gasteiger partial charge in [-0.25, -0.2) is 4.79 Å². The van der Waals surface area contributed by atoms with Crippen LogP contribution in [0.2, 0.25) is 0 Å². The lowest BCUT2D eigenvalue weighted by atomic mass is 9.83. The van der Waals surface area contributed by atoms with Gasteiger partial charge in [-0.05, 0) is 36.3 Å². The second-order valence-corrected chi connectivity index (χ2v) is 8.12. The molecule has 2 saturated heterocycles. The van der Waals surface area contributed by atoms with Crippen LogP contribution in [-0.2, 0) is 22.6 Å². The van der Waals surface area contributed by atoms with Gasteiger partial charge in [0.2, 0.25) is 0 Å². The van der Waals surface area contributed by atoms with Crippen LogP contribution in [0, 0.1) is 5.92 Å². The van der Waals surface area contributed by atoms with Gasteiger partial charge in [0.25, 0.3) is 0 Å². The van der Waals surface area contributed by atoms with Crippen molar-refractivity contribution < 1.29 is 14.3 Å². The molecule has 0 saturated carbocycles. The molecular formula is C24H30N2O3. The van der Waals surface area contributed by atoms with Gasteiger partial charge in [-0.1, -0.05) is 60.7 Å². The Labute approximate surface area is 173 Å². The van der Waals surface area contributed by atoms with Gasteiger partial charge < -0.3 is 14.8 Å². The Morgan fingerprint density at radius 3 is 2.24 bits per heavy atom. The van der Waals surface area contributed by atoms with E-state index in [0.717, 1.165) is 44.6 Å². The molecule has 4 rings (SSSR count). The third-order valence-electron chi connectivity index (χ3n) is 6.01. The Hall–Kier alpha value is -2.37. The SMILES string of the molecule is O=C(NCCC1CC2COCC(C1)N2Cc1ccccc1)OCc1ccccc1. The highest BCUT2D eigenvalue weighted by Gasteiger charge is 2.38. The van der Waals surface area contributed by atoms with Crippen LogP contribution in [0.15, 0.2) is 60.7 Å². The Morgan fingerprint density at radius 2 is 1.59 bits per heavy atom. The zero-order valence-corrected chi connectivity index (χ0v) is 16.8. The van der Waals surface area contributed by atoms with Crippen LogP contribution in [0.25, 0.3) is 0 Å². The molecule has 1 amide bonds. The molecule has 0 aromatic heterocycles. The van der Waals surface area contributed by atoms with Gasteiger partial charge in [0.1, 0.15) is 6.61 Å². The summed E-state index contributed by atoms with van der Waals surface area (Å²) in [5.41, 5.74) is 2.37. The Bertz CT molecular complexity index is 754. The summed E-state index contributed by atoms with van der Waals surface area (Å²) in [7, 11) is 0. The van der Waals surface area contributed by atoms with E-state index in [9.17, 15) is 4.79 Å². The maximum Gasteiger partial charge on any atom is 0.407 e. The first-order chi connectivity index (χ1) is 14.3. The van der Waals surface area contributed by atoms with Crippen LogP contribution in [0.4, 0.5) is 4.79 Å². The van der Waals surface area contributed by atoms with E-state index in [0.29, 0.717) is 31.2 Å². The molecular weight excluding hydrogens is 364 g/mol. The zero-order valence-electron chi connectivity index (χ0n) is 16.8. The number of piperidine rings is 1. The second kappa shape index (κ2) is 9.90. The number of rotatable bonds is 7. The molecule has 2 heterocycles. The van der Waals surface area contributed by atoms with E-state index in [1.165, 1.54) is 5.56 Å². The zero-order chi connectivity index (χ0) is 19.9. The Kier molecular flexibility index (Phi) is 6.80. The molecule has 2 aliphatic heterocycles. The van der Waals surface area contributed by atoms with E-state index in [4.69, 9.17) is 9.47 Å². The monoisotopic (exact) mass is 394 g/mol. The predicted molar refractivity (Wildman–Crippen MR) is 112 cm³/mol. The molecule has 29 heavy (non-hydrogen) atoms. The summed E-state index contributed by atoms with van der Waals surface area (Å²) in [6.07, 6.45) is 2.92. The Balaban J connectivity index is 1.20. The van der Waals surface area contributed by atoms with Crippen molar-refractivity contribution in [2.45, 2.75) is 44.5 Å². The molecule has 5 heteroatoms. The van der Waals surface area contributed by atoms with E-state index < -0.39 is 0 Å². The summed E-state index contributed by atoms with van der Waals surface area (Å²) in [6, 6.07) is 21.4. The largest absolute Gasteiger partial charge is 0.445 e. The lowest BCUT2D eigenvalue weighted by Gasteiger charge is -2.48. The first-order valence-corrected chi connectivity index (χ1v) is 10.6. The average molecular weight is 395 g/mol. The standard InChI is InChI=1S/C24H30N2O3/c27-24(29-16-20-9-5-2-6-10-20)25-12-11-21-13-22-17-28-18-23(14-21)26(22)15-19-7-3-1-4-8-19/h1-10,21-23H,11-18H2,(H,25,27).